The average molecular weight is 384 g/mol. The van der Waals surface area contributed by atoms with Gasteiger partial charge in [-0.05, 0) is 61.8 Å². The maximum absolute atomic E-state index is 12.5. The summed E-state index contributed by atoms with van der Waals surface area (Å²) in [5.41, 5.74) is 1.90. The summed E-state index contributed by atoms with van der Waals surface area (Å²) < 4.78 is 0. The van der Waals surface area contributed by atoms with Gasteiger partial charge in [0, 0.05) is 42.2 Å². The zero-order valence-corrected chi connectivity index (χ0v) is 15.5. The number of carbonyl (C=O) groups excluding carboxylic acids is 1. The summed E-state index contributed by atoms with van der Waals surface area (Å²) in [4.78, 5) is 24.7. The topological polar surface area (TPSA) is 87.5 Å². The van der Waals surface area contributed by atoms with Crippen LogP contribution in [0.5, 0.6) is 0 Å². The third kappa shape index (κ3) is 5.01. The first-order chi connectivity index (χ1) is 13.0. The fraction of sp³-hybridized carbons (Fsp3) is 0.263. The first kappa shape index (κ1) is 18.8. The molecule has 2 aromatic rings. The molecule has 1 saturated heterocycles. The van der Waals surface area contributed by atoms with Gasteiger partial charge in [0.1, 0.15) is 0 Å². The molecule has 1 aliphatic heterocycles. The van der Waals surface area contributed by atoms with Crippen LogP contribution in [-0.4, -0.2) is 33.9 Å². The molecule has 0 atom stereocenters. The normalized spacial score (nSPS) is 13.7. The number of nitro benzene ring substituents is 1. The molecule has 3 rings (SSSR count). The van der Waals surface area contributed by atoms with E-state index in [4.69, 9.17) is 12.2 Å². The molecule has 1 fully saturated rings. The van der Waals surface area contributed by atoms with Crippen LogP contribution in [0.3, 0.4) is 0 Å². The van der Waals surface area contributed by atoms with E-state index in [0.717, 1.165) is 31.6 Å². The smallest absolute Gasteiger partial charge is 0.271 e. The van der Waals surface area contributed by atoms with E-state index >= 15 is 0 Å². The Morgan fingerprint density at radius 1 is 1.00 bits per heavy atom. The van der Waals surface area contributed by atoms with E-state index in [9.17, 15) is 14.9 Å². The van der Waals surface area contributed by atoms with Gasteiger partial charge in [-0.2, -0.15) is 0 Å². The Morgan fingerprint density at radius 2 is 1.67 bits per heavy atom. The number of nitrogens with zero attached hydrogens (tertiary/aromatic N) is 2. The van der Waals surface area contributed by atoms with Crippen molar-refractivity contribution in [3.63, 3.8) is 0 Å². The molecule has 0 aromatic heterocycles. The number of non-ortho nitro benzene ring substituents is 1. The van der Waals surface area contributed by atoms with E-state index in [0.29, 0.717) is 16.4 Å². The highest BCUT2D eigenvalue weighted by atomic mass is 32.1. The molecule has 1 heterocycles. The summed E-state index contributed by atoms with van der Waals surface area (Å²) in [6, 6.07) is 13.2. The molecule has 0 saturated carbocycles. The minimum absolute atomic E-state index is 0.0108. The monoisotopic (exact) mass is 384 g/mol. The molecule has 140 valence electrons. The summed E-state index contributed by atoms with van der Waals surface area (Å²) >= 11 is 5.25. The first-order valence-corrected chi connectivity index (χ1v) is 9.15. The molecule has 7 nitrogen and oxygen atoms in total. The van der Waals surface area contributed by atoms with Gasteiger partial charge in [0.05, 0.1) is 4.92 Å². The molecular weight excluding hydrogens is 364 g/mol. The van der Waals surface area contributed by atoms with Crippen LogP contribution < -0.4 is 10.6 Å². The number of thiocarbonyl (C=S) groups is 1. The number of likely N-dealkylation sites (tertiary alicyclic amines) is 1. The minimum atomic E-state index is -0.459. The van der Waals surface area contributed by atoms with Crippen LogP contribution in [0, 0.1) is 10.1 Å². The van der Waals surface area contributed by atoms with Crippen molar-refractivity contribution in [2.24, 2.45) is 0 Å². The lowest BCUT2D eigenvalue weighted by atomic mass is 10.1. The number of nitrogens with one attached hydrogen (secondary N) is 2. The van der Waals surface area contributed by atoms with Crippen LogP contribution in [0.4, 0.5) is 17.1 Å². The molecule has 0 bridgehead atoms. The predicted molar refractivity (Wildman–Crippen MR) is 109 cm³/mol. The van der Waals surface area contributed by atoms with Crippen molar-refractivity contribution in [1.82, 2.24) is 4.90 Å². The maximum Gasteiger partial charge on any atom is 0.271 e. The Balaban J connectivity index is 1.59. The van der Waals surface area contributed by atoms with Gasteiger partial charge in [0.25, 0.3) is 11.6 Å². The standard InChI is InChI=1S/C19H20N4O3S/c24-18(22-11-2-1-3-12-22)14-7-9-15(10-8-14)20-19(27)21-16-5-4-6-17(13-16)23(25)26/h4-10,13H,1-3,11-12H2,(H2,20,21,27). The van der Waals surface area contributed by atoms with E-state index in [2.05, 4.69) is 10.6 Å². The highest BCUT2D eigenvalue weighted by Crippen LogP contribution is 2.18. The van der Waals surface area contributed by atoms with Crippen LogP contribution >= 0.6 is 12.2 Å². The SMILES string of the molecule is O=C(c1ccc(NC(=S)Nc2cccc([N+](=O)[O-])c2)cc1)N1CCCCC1. The van der Waals surface area contributed by atoms with Crippen LogP contribution in [0.1, 0.15) is 29.6 Å². The Bertz CT molecular complexity index is 848. The number of amides is 1. The zero-order valence-electron chi connectivity index (χ0n) is 14.7. The van der Waals surface area contributed by atoms with Crippen LogP contribution in [0.15, 0.2) is 48.5 Å². The summed E-state index contributed by atoms with van der Waals surface area (Å²) in [5, 5.41) is 17.1. The Morgan fingerprint density at radius 3 is 2.33 bits per heavy atom. The van der Waals surface area contributed by atoms with Crippen molar-refractivity contribution in [2.75, 3.05) is 23.7 Å². The van der Waals surface area contributed by atoms with Crippen molar-refractivity contribution < 1.29 is 9.72 Å². The summed E-state index contributed by atoms with van der Waals surface area (Å²) in [7, 11) is 0. The molecule has 2 aromatic carbocycles. The second-order valence-corrected chi connectivity index (χ2v) is 6.73. The fourth-order valence-corrected chi connectivity index (χ4v) is 3.20. The molecule has 0 unspecified atom stereocenters. The lowest BCUT2D eigenvalue weighted by molar-refractivity contribution is -0.384. The number of hydrogen-bond donors (Lipinski definition) is 2. The molecule has 2 N–H and O–H groups in total. The Hall–Kier alpha value is -3.00. The van der Waals surface area contributed by atoms with Gasteiger partial charge in [0.15, 0.2) is 5.11 Å². The largest absolute Gasteiger partial charge is 0.339 e. The Labute approximate surface area is 162 Å². The Kier molecular flexibility index (Phi) is 5.97. The van der Waals surface area contributed by atoms with Crippen LogP contribution in [0.25, 0.3) is 0 Å². The van der Waals surface area contributed by atoms with E-state index in [1.165, 1.54) is 18.6 Å². The predicted octanol–water partition coefficient (Wildman–Crippen LogP) is 4.03. The van der Waals surface area contributed by atoms with Gasteiger partial charge < -0.3 is 15.5 Å². The summed E-state index contributed by atoms with van der Waals surface area (Å²) in [6.07, 6.45) is 3.30. The number of rotatable bonds is 4. The van der Waals surface area contributed by atoms with Gasteiger partial charge in [-0.15, -0.1) is 0 Å². The number of piperidine rings is 1. The maximum atomic E-state index is 12.5. The van der Waals surface area contributed by atoms with E-state index in [-0.39, 0.29) is 11.6 Å². The molecule has 27 heavy (non-hydrogen) atoms. The fourth-order valence-electron chi connectivity index (χ4n) is 2.97. The molecule has 1 aliphatic rings. The lowest BCUT2D eigenvalue weighted by Crippen LogP contribution is -2.35. The summed E-state index contributed by atoms with van der Waals surface area (Å²) in [6.45, 7) is 1.63. The zero-order chi connectivity index (χ0) is 19.2. The van der Waals surface area contributed by atoms with Crippen LogP contribution in [-0.2, 0) is 0 Å². The van der Waals surface area contributed by atoms with E-state index in [1.54, 1.807) is 36.4 Å². The second kappa shape index (κ2) is 8.59. The molecule has 0 radical (unpaired) electrons. The number of hydrogen-bond acceptors (Lipinski definition) is 4. The highest BCUT2D eigenvalue weighted by molar-refractivity contribution is 7.80. The third-order valence-corrected chi connectivity index (χ3v) is 4.55. The first-order valence-electron chi connectivity index (χ1n) is 8.75. The number of anilines is 2. The minimum Gasteiger partial charge on any atom is -0.339 e. The number of carbonyl (C=O) groups is 1. The average Bonchev–Trinajstić information content (AvgIpc) is 2.69. The van der Waals surface area contributed by atoms with Gasteiger partial charge in [-0.1, -0.05) is 6.07 Å². The van der Waals surface area contributed by atoms with Crippen molar-refractivity contribution in [1.29, 1.82) is 0 Å². The molecule has 1 amide bonds. The third-order valence-electron chi connectivity index (χ3n) is 4.35. The molecule has 0 spiro atoms. The number of nitro groups is 1. The van der Waals surface area contributed by atoms with Gasteiger partial charge in [0.2, 0.25) is 0 Å². The van der Waals surface area contributed by atoms with Crippen molar-refractivity contribution in [3.8, 4) is 0 Å². The van der Waals surface area contributed by atoms with E-state index < -0.39 is 4.92 Å². The van der Waals surface area contributed by atoms with Crippen molar-refractivity contribution in [2.45, 2.75) is 19.3 Å². The number of benzene rings is 2. The van der Waals surface area contributed by atoms with Gasteiger partial charge in [-0.3, -0.25) is 14.9 Å². The second-order valence-electron chi connectivity index (χ2n) is 6.32. The van der Waals surface area contributed by atoms with Gasteiger partial charge in [-0.25, -0.2) is 0 Å². The van der Waals surface area contributed by atoms with E-state index in [1.807, 2.05) is 4.90 Å². The lowest BCUT2D eigenvalue weighted by Gasteiger charge is -2.26. The van der Waals surface area contributed by atoms with Crippen LogP contribution in [0.2, 0.25) is 0 Å². The molecule has 8 heteroatoms. The van der Waals surface area contributed by atoms with Gasteiger partial charge >= 0.3 is 0 Å². The highest BCUT2D eigenvalue weighted by Gasteiger charge is 2.17. The molecular formula is C19H20N4O3S. The quantitative estimate of drug-likeness (QED) is 0.470. The summed E-state index contributed by atoms with van der Waals surface area (Å²) in [5.74, 6) is 0.0542. The van der Waals surface area contributed by atoms with Crippen molar-refractivity contribution in [3.05, 3.63) is 64.2 Å². The molecule has 0 aliphatic carbocycles. The van der Waals surface area contributed by atoms with Crippen molar-refractivity contribution >= 4 is 40.3 Å².